The Morgan fingerprint density at radius 1 is 1.29 bits per heavy atom. The Labute approximate surface area is 121 Å². The summed E-state index contributed by atoms with van der Waals surface area (Å²) in [7, 11) is 0. The second kappa shape index (κ2) is 6.08. The first kappa shape index (κ1) is 14.6. The molecule has 0 aliphatic rings. The van der Waals surface area contributed by atoms with Gasteiger partial charge in [-0.05, 0) is 31.5 Å². The quantitative estimate of drug-likeness (QED) is 0.801. The van der Waals surface area contributed by atoms with Crippen LogP contribution in [0.2, 0.25) is 0 Å². The first-order chi connectivity index (χ1) is 9.95. The molecule has 0 aliphatic heterocycles. The average Bonchev–Trinajstić information content (AvgIpc) is 2.78. The molecule has 2 aromatic rings. The molecule has 3 N–H and O–H groups in total. The average molecular weight is 289 g/mol. The topological polar surface area (TPSA) is 104 Å². The van der Waals surface area contributed by atoms with Gasteiger partial charge in [0, 0.05) is 6.20 Å². The van der Waals surface area contributed by atoms with Crippen LogP contribution in [0, 0.1) is 13.8 Å². The maximum atomic E-state index is 11.7. The normalized spacial score (nSPS) is 10.2. The van der Waals surface area contributed by atoms with E-state index in [9.17, 15) is 9.59 Å². The second-order valence-electron chi connectivity index (χ2n) is 4.55. The van der Waals surface area contributed by atoms with E-state index in [1.54, 1.807) is 19.2 Å². The highest BCUT2D eigenvalue weighted by atomic mass is 16.4. The number of hydrogen-bond donors (Lipinski definition) is 3. The van der Waals surface area contributed by atoms with E-state index in [0.717, 1.165) is 5.56 Å². The molecule has 0 aliphatic carbocycles. The molecular formula is C14H15N3O4. The number of carbonyl (C=O) groups is 2. The Hall–Kier alpha value is -2.83. The van der Waals surface area contributed by atoms with Crippen LogP contribution in [0.25, 0.3) is 0 Å². The molecule has 21 heavy (non-hydrogen) atoms. The number of aryl methyl sites for hydroxylation is 2. The second-order valence-corrected chi connectivity index (χ2v) is 4.55. The van der Waals surface area contributed by atoms with Crippen molar-refractivity contribution in [3.8, 4) is 0 Å². The number of anilines is 1. The summed E-state index contributed by atoms with van der Waals surface area (Å²) in [5, 5.41) is 14.1. The van der Waals surface area contributed by atoms with Gasteiger partial charge in [-0.3, -0.25) is 4.98 Å². The largest absolute Gasteiger partial charge is 0.478 e. The summed E-state index contributed by atoms with van der Waals surface area (Å²) >= 11 is 0. The smallest absolute Gasteiger partial charge is 0.339 e. The molecule has 0 bridgehead atoms. The molecule has 110 valence electrons. The van der Waals surface area contributed by atoms with Crippen molar-refractivity contribution in [1.29, 1.82) is 0 Å². The van der Waals surface area contributed by atoms with Crippen LogP contribution in [-0.4, -0.2) is 22.1 Å². The lowest BCUT2D eigenvalue weighted by Crippen LogP contribution is -2.28. The van der Waals surface area contributed by atoms with Gasteiger partial charge in [-0.2, -0.15) is 0 Å². The first-order valence-corrected chi connectivity index (χ1v) is 6.25. The molecule has 0 radical (unpaired) electrons. The number of aromatic carboxylic acids is 1. The number of carbonyl (C=O) groups excluding carboxylic acids is 1. The number of rotatable bonds is 4. The number of pyridine rings is 1. The highest BCUT2D eigenvalue weighted by Gasteiger charge is 2.14. The minimum atomic E-state index is -1.06. The third kappa shape index (κ3) is 3.82. The number of amides is 2. The molecule has 0 saturated carbocycles. The predicted octanol–water partition coefficient (Wildman–Crippen LogP) is 2.31. The van der Waals surface area contributed by atoms with Gasteiger partial charge in [0.1, 0.15) is 17.1 Å². The van der Waals surface area contributed by atoms with Gasteiger partial charge in [-0.25, -0.2) is 9.59 Å². The monoisotopic (exact) mass is 289 g/mol. The van der Waals surface area contributed by atoms with E-state index < -0.39 is 12.0 Å². The van der Waals surface area contributed by atoms with Gasteiger partial charge < -0.3 is 20.2 Å². The highest BCUT2D eigenvalue weighted by molar-refractivity contribution is 5.90. The molecule has 0 spiro atoms. The van der Waals surface area contributed by atoms with Crippen LogP contribution in [0.4, 0.5) is 10.5 Å². The lowest BCUT2D eigenvalue weighted by molar-refractivity contribution is 0.0695. The number of nitrogens with one attached hydrogen (secondary N) is 2. The number of nitrogens with zero attached hydrogens (tertiary/aromatic N) is 1. The first-order valence-electron chi connectivity index (χ1n) is 6.25. The summed E-state index contributed by atoms with van der Waals surface area (Å²) in [5.74, 6) is -0.372. The molecule has 0 aromatic carbocycles. The summed E-state index contributed by atoms with van der Waals surface area (Å²) in [6.07, 6.45) is 3.22. The van der Waals surface area contributed by atoms with E-state index in [1.807, 2.05) is 6.92 Å². The summed E-state index contributed by atoms with van der Waals surface area (Å²) in [6.45, 7) is 3.53. The molecule has 0 fully saturated rings. The van der Waals surface area contributed by atoms with E-state index >= 15 is 0 Å². The molecule has 2 rings (SSSR count). The zero-order valence-electron chi connectivity index (χ0n) is 11.6. The molecule has 2 amide bonds. The molecule has 0 saturated heterocycles. The fourth-order valence-corrected chi connectivity index (χ4v) is 1.81. The molecule has 7 nitrogen and oxygen atoms in total. The summed E-state index contributed by atoms with van der Waals surface area (Å²) in [4.78, 5) is 26.6. The maximum absolute atomic E-state index is 11.7. The number of carboxylic acid groups (broad SMARTS) is 1. The van der Waals surface area contributed by atoms with Crippen molar-refractivity contribution in [3.05, 3.63) is 47.2 Å². The molecule has 2 heterocycles. The van der Waals surface area contributed by atoms with E-state index in [2.05, 4.69) is 15.6 Å². The number of aromatic nitrogens is 1. The zero-order valence-corrected chi connectivity index (χ0v) is 11.6. The van der Waals surface area contributed by atoms with Crippen LogP contribution in [-0.2, 0) is 6.54 Å². The Kier molecular flexibility index (Phi) is 4.22. The van der Waals surface area contributed by atoms with Gasteiger partial charge in [0.25, 0.3) is 0 Å². The Morgan fingerprint density at radius 2 is 2.05 bits per heavy atom. The summed E-state index contributed by atoms with van der Waals surface area (Å²) < 4.78 is 5.26. The number of carboxylic acids is 1. The standard InChI is InChI=1S/C14H15N3O4/c1-8-3-10(6-15-5-8)17-14(20)16-7-11-4-12(13(18)19)9(2)21-11/h3-6H,7H2,1-2H3,(H,18,19)(H2,16,17,20). The maximum Gasteiger partial charge on any atom is 0.339 e. The van der Waals surface area contributed by atoms with Crippen LogP contribution < -0.4 is 10.6 Å². The van der Waals surface area contributed by atoms with Gasteiger partial charge in [0.2, 0.25) is 0 Å². The van der Waals surface area contributed by atoms with Crippen molar-refractivity contribution in [2.45, 2.75) is 20.4 Å². The molecule has 0 atom stereocenters. The zero-order chi connectivity index (χ0) is 15.4. The summed E-state index contributed by atoms with van der Waals surface area (Å²) in [5.41, 5.74) is 1.60. The Balaban J connectivity index is 1.92. The van der Waals surface area contributed by atoms with Crippen molar-refractivity contribution in [2.75, 3.05) is 5.32 Å². The fourth-order valence-electron chi connectivity index (χ4n) is 1.81. The third-order valence-corrected chi connectivity index (χ3v) is 2.76. The number of urea groups is 1. The van der Waals surface area contributed by atoms with Crippen molar-refractivity contribution < 1.29 is 19.1 Å². The lowest BCUT2D eigenvalue weighted by Gasteiger charge is -2.06. The van der Waals surface area contributed by atoms with E-state index in [1.165, 1.54) is 12.3 Å². The fraction of sp³-hybridized carbons (Fsp3) is 0.214. The van der Waals surface area contributed by atoms with Crippen LogP contribution >= 0.6 is 0 Å². The molecular weight excluding hydrogens is 274 g/mol. The Bertz CT molecular complexity index is 679. The highest BCUT2D eigenvalue weighted by Crippen LogP contribution is 2.14. The molecule has 7 heteroatoms. The number of furan rings is 1. The van der Waals surface area contributed by atoms with Crippen LogP contribution in [0.3, 0.4) is 0 Å². The van der Waals surface area contributed by atoms with Crippen LogP contribution in [0.5, 0.6) is 0 Å². The van der Waals surface area contributed by atoms with Gasteiger partial charge in [-0.1, -0.05) is 0 Å². The van der Waals surface area contributed by atoms with E-state index in [4.69, 9.17) is 9.52 Å². The van der Waals surface area contributed by atoms with Gasteiger partial charge in [0.15, 0.2) is 0 Å². The molecule has 2 aromatic heterocycles. The predicted molar refractivity (Wildman–Crippen MR) is 75.2 cm³/mol. The van der Waals surface area contributed by atoms with Gasteiger partial charge >= 0.3 is 12.0 Å². The van der Waals surface area contributed by atoms with Gasteiger partial charge in [0.05, 0.1) is 18.4 Å². The molecule has 0 unspecified atom stereocenters. The van der Waals surface area contributed by atoms with E-state index in [0.29, 0.717) is 17.2 Å². The number of hydrogen-bond acceptors (Lipinski definition) is 4. The third-order valence-electron chi connectivity index (χ3n) is 2.76. The van der Waals surface area contributed by atoms with Crippen molar-refractivity contribution in [2.24, 2.45) is 0 Å². The minimum Gasteiger partial charge on any atom is -0.478 e. The van der Waals surface area contributed by atoms with Crippen molar-refractivity contribution in [1.82, 2.24) is 10.3 Å². The van der Waals surface area contributed by atoms with Crippen molar-refractivity contribution >= 4 is 17.7 Å². The van der Waals surface area contributed by atoms with E-state index in [-0.39, 0.29) is 12.1 Å². The Morgan fingerprint density at radius 3 is 2.67 bits per heavy atom. The lowest BCUT2D eigenvalue weighted by atomic mass is 10.2. The minimum absolute atomic E-state index is 0.0927. The van der Waals surface area contributed by atoms with Crippen LogP contribution in [0.15, 0.2) is 28.9 Å². The summed E-state index contributed by atoms with van der Waals surface area (Å²) in [6, 6.07) is 2.76. The van der Waals surface area contributed by atoms with Crippen LogP contribution in [0.1, 0.15) is 27.4 Å². The SMILES string of the molecule is Cc1cncc(NC(=O)NCc2cc(C(=O)O)c(C)o2)c1. The van der Waals surface area contributed by atoms with Gasteiger partial charge in [-0.15, -0.1) is 0 Å². The van der Waals surface area contributed by atoms with Crippen molar-refractivity contribution in [3.63, 3.8) is 0 Å².